The van der Waals surface area contributed by atoms with Gasteiger partial charge in [-0.1, -0.05) is 25.3 Å². The van der Waals surface area contributed by atoms with Gasteiger partial charge in [-0.15, -0.1) is 0 Å². The van der Waals surface area contributed by atoms with Gasteiger partial charge in [0, 0.05) is 41.8 Å². The molecule has 6 nitrogen and oxygen atoms in total. The first-order valence-electron chi connectivity index (χ1n) is 10.4. The number of hydrogen-bond acceptors (Lipinski definition) is 5. The summed E-state index contributed by atoms with van der Waals surface area (Å²) in [5.41, 5.74) is 11.0. The molecule has 152 valence electrons. The topological polar surface area (TPSA) is 82.3 Å². The molecule has 1 fully saturated rings. The van der Waals surface area contributed by atoms with E-state index in [4.69, 9.17) is 5.73 Å². The summed E-state index contributed by atoms with van der Waals surface area (Å²) >= 11 is 0. The van der Waals surface area contributed by atoms with Crippen molar-refractivity contribution in [1.29, 1.82) is 0 Å². The summed E-state index contributed by atoms with van der Waals surface area (Å²) < 4.78 is 0. The number of nitrogens with two attached hydrogens (primary N) is 1. The molecule has 0 saturated heterocycles. The molecule has 1 aliphatic carbocycles. The highest BCUT2D eigenvalue weighted by Crippen LogP contribution is 2.37. The van der Waals surface area contributed by atoms with Gasteiger partial charge in [0.25, 0.3) is 0 Å². The lowest BCUT2D eigenvalue weighted by Gasteiger charge is -2.31. The number of nitrogens with one attached hydrogen (secondary N) is 2. The molecule has 0 spiro atoms. The van der Waals surface area contributed by atoms with Crippen LogP contribution in [0.1, 0.15) is 37.7 Å². The summed E-state index contributed by atoms with van der Waals surface area (Å²) in [6.45, 7) is 4.69. The lowest BCUT2D eigenvalue weighted by molar-refractivity contribution is 0.184. The lowest BCUT2D eigenvalue weighted by Crippen LogP contribution is -2.32. The molecule has 0 bridgehead atoms. The van der Waals surface area contributed by atoms with Crippen LogP contribution in [0.15, 0.2) is 35.3 Å². The maximum Gasteiger partial charge on any atom is 0.154 e. The molecule has 0 amide bonds. The Hall–Kier alpha value is -2.86. The highest BCUT2D eigenvalue weighted by Gasteiger charge is 2.18. The zero-order valence-electron chi connectivity index (χ0n) is 17.3. The number of aromatic nitrogens is 2. The van der Waals surface area contributed by atoms with Crippen LogP contribution >= 0.6 is 0 Å². The van der Waals surface area contributed by atoms with Crippen molar-refractivity contribution in [3.05, 3.63) is 35.9 Å². The van der Waals surface area contributed by atoms with Gasteiger partial charge in [-0.3, -0.25) is 9.89 Å². The van der Waals surface area contributed by atoms with Crippen molar-refractivity contribution in [3.63, 3.8) is 0 Å². The molecular weight excluding hydrogens is 360 g/mol. The van der Waals surface area contributed by atoms with Crippen molar-refractivity contribution in [1.82, 2.24) is 14.9 Å². The standard InChI is InChI=1S/C23H30N6/c1-25-22-18(13-21(24)28-23(22)26-2)20-12-16-11-15(9-10-19(16)27-20)14-29(3)17-7-5-4-6-8-17/h9-13,17,27H,1,4-8,14H2,2-3H3,(H3,24,26,28). The van der Waals surface area contributed by atoms with E-state index in [-0.39, 0.29) is 0 Å². The van der Waals surface area contributed by atoms with Crippen LogP contribution in [0.2, 0.25) is 0 Å². The number of pyridine rings is 1. The van der Waals surface area contributed by atoms with E-state index in [9.17, 15) is 0 Å². The van der Waals surface area contributed by atoms with Gasteiger partial charge in [0.05, 0.1) is 0 Å². The van der Waals surface area contributed by atoms with Crippen molar-refractivity contribution >= 4 is 34.9 Å². The van der Waals surface area contributed by atoms with E-state index >= 15 is 0 Å². The minimum absolute atomic E-state index is 0.449. The number of nitrogens with zero attached hydrogens (tertiary/aromatic N) is 3. The molecule has 29 heavy (non-hydrogen) atoms. The van der Waals surface area contributed by atoms with Gasteiger partial charge >= 0.3 is 0 Å². The van der Waals surface area contributed by atoms with Crippen molar-refractivity contribution in [3.8, 4) is 11.3 Å². The SMILES string of the molecule is C=Nc1c(-c2cc3cc(CN(C)C4CCCCC4)ccc3[nH]2)cc(N)nc1NC. The van der Waals surface area contributed by atoms with E-state index in [0.29, 0.717) is 23.4 Å². The Labute approximate surface area is 172 Å². The third-order valence-electron chi connectivity index (χ3n) is 6.01. The van der Waals surface area contributed by atoms with Crippen LogP contribution in [0.25, 0.3) is 22.2 Å². The lowest BCUT2D eigenvalue weighted by atomic mass is 9.94. The Bertz CT molecular complexity index is 1020. The Morgan fingerprint density at radius 3 is 2.76 bits per heavy atom. The quantitative estimate of drug-likeness (QED) is 0.520. The van der Waals surface area contributed by atoms with Gasteiger partial charge in [0.1, 0.15) is 11.5 Å². The van der Waals surface area contributed by atoms with Crippen molar-refractivity contribution in [2.75, 3.05) is 25.1 Å². The first kappa shape index (κ1) is 19.5. The molecule has 4 N–H and O–H groups in total. The van der Waals surface area contributed by atoms with Gasteiger partial charge in [-0.05, 0) is 56.4 Å². The first-order chi connectivity index (χ1) is 14.1. The van der Waals surface area contributed by atoms with Crippen LogP contribution in [0.5, 0.6) is 0 Å². The summed E-state index contributed by atoms with van der Waals surface area (Å²) in [7, 11) is 4.06. The predicted molar refractivity (Wildman–Crippen MR) is 123 cm³/mol. The number of nitrogen functional groups attached to an aromatic ring is 1. The predicted octanol–water partition coefficient (Wildman–Crippen LogP) is 4.95. The second-order valence-corrected chi connectivity index (χ2v) is 8.01. The molecule has 2 heterocycles. The Morgan fingerprint density at radius 1 is 1.24 bits per heavy atom. The number of fused-ring (bicyclic) bond motifs is 1. The molecule has 1 aliphatic rings. The molecule has 2 aromatic heterocycles. The van der Waals surface area contributed by atoms with E-state index in [1.54, 1.807) is 7.05 Å². The number of hydrogen-bond donors (Lipinski definition) is 3. The maximum atomic E-state index is 6.01. The summed E-state index contributed by atoms with van der Waals surface area (Å²) in [4.78, 5) is 14.5. The summed E-state index contributed by atoms with van der Waals surface area (Å²) in [5.74, 6) is 1.08. The number of aliphatic imine (C=N–C) groups is 1. The van der Waals surface area contributed by atoms with E-state index < -0.39 is 0 Å². The average molecular weight is 391 g/mol. The Morgan fingerprint density at radius 2 is 2.03 bits per heavy atom. The van der Waals surface area contributed by atoms with Gasteiger partial charge in [-0.25, -0.2) is 4.98 Å². The molecular formula is C23H30N6. The largest absolute Gasteiger partial charge is 0.384 e. The summed E-state index contributed by atoms with van der Waals surface area (Å²) in [6, 6.07) is 11.4. The fourth-order valence-electron chi connectivity index (χ4n) is 4.46. The van der Waals surface area contributed by atoms with E-state index in [0.717, 1.165) is 23.3 Å². The van der Waals surface area contributed by atoms with Crippen molar-refractivity contribution in [2.45, 2.75) is 44.7 Å². The second-order valence-electron chi connectivity index (χ2n) is 8.01. The van der Waals surface area contributed by atoms with E-state index in [2.05, 4.69) is 63.2 Å². The maximum absolute atomic E-state index is 6.01. The molecule has 0 radical (unpaired) electrons. The van der Waals surface area contributed by atoms with E-state index in [1.807, 2.05) is 6.07 Å². The molecule has 1 saturated carbocycles. The van der Waals surface area contributed by atoms with Crippen LogP contribution in [0, 0.1) is 0 Å². The Kier molecular flexibility index (Phi) is 5.53. The van der Waals surface area contributed by atoms with Gasteiger partial charge in [0.2, 0.25) is 0 Å². The number of anilines is 2. The number of H-pyrrole nitrogens is 1. The molecule has 0 unspecified atom stereocenters. The van der Waals surface area contributed by atoms with Gasteiger partial charge in [0.15, 0.2) is 5.82 Å². The highest BCUT2D eigenvalue weighted by molar-refractivity contribution is 5.92. The number of rotatable bonds is 6. The first-order valence-corrected chi connectivity index (χ1v) is 10.4. The fourth-order valence-corrected chi connectivity index (χ4v) is 4.46. The fraction of sp³-hybridized carbons (Fsp3) is 0.391. The smallest absolute Gasteiger partial charge is 0.154 e. The summed E-state index contributed by atoms with van der Waals surface area (Å²) in [6.07, 6.45) is 6.75. The third-order valence-corrected chi connectivity index (χ3v) is 6.01. The van der Waals surface area contributed by atoms with E-state index in [1.165, 1.54) is 43.1 Å². The molecule has 0 aliphatic heterocycles. The van der Waals surface area contributed by atoms with Crippen LogP contribution in [0.3, 0.4) is 0 Å². The number of aromatic amines is 1. The normalized spacial score (nSPS) is 15.1. The Balaban J connectivity index is 1.64. The molecule has 3 aromatic rings. The number of benzene rings is 1. The zero-order valence-corrected chi connectivity index (χ0v) is 17.3. The van der Waals surface area contributed by atoms with Crippen molar-refractivity contribution in [2.24, 2.45) is 4.99 Å². The van der Waals surface area contributed by atoms with Crippen LogP contribution < -0.4 is 11.1 Å². The average Bonchev–Trinajstić information content (AvgIpc) is 3.17. The van der Waals surface area contributed by atoms with Gasteiger partial charge < -0.3 is 16.0 Å². The van der Waals surface area contributed by atoms with Crippen molar-refractivity contribution < 1.29 is 0 Å². The summed E-state index contributed by atoms with van der Waals surface area (Å²) in [5, 5.41) is 4.23. The molecule has 0 atom stereocenters. The van der Waals surface area contributed by atoms with Crippen LogP contribution in [-0.4, -0.2) is 41.7 Å². The third kappa shape index (κ3) is 3.98. The highest BCUT2D eigenvalue weighted by atomic mass is 15.1. The second kappa shape index (κ2) is 8.25. The monoisotopic (exact) mass is 390 g/mol. The molecule has 6 heteroatoms. The minimum atomic E-state index is 0.449. The van der Waals surface area contributed by atoms with Crippen LogP contribution in [-0.2, 0) is 6.54 Å². The molecule has 1 aromatic carbocycles. The van der Waals surface area contributed by atoms with Gasteiger partial charge in [-0.2, -0.15) is 0 Å². The molecule has 4 rings (SSSR count). The zero-order chi connectivity index (χ0) is 20.4. The van der Waals surface area contributed by atoms with Crippen LogP contribution in [0.4, 0.5) is 17.3 Å². The minimum Gasteiger partial charge on any atom is -0.384 e.